The minimum atomic E-state index is 0.782. The van der Waals surface area contributed by atoms with Gasteiger partial charge in [0, 0.05) is 6.42 Å². The van der Waals surface area contributed by atoms with Crippen LogP contribution in [0.1, 0.15) is 12.8 Å². The van der Waals surface area contributed by atoms with E-state index >= 15 is 0 Å². The van der Waals surface area contributed by atoms with Crippen molar-refractivity contribution in [3.63, 3.8) is 0 Å². The second-order valence-corrected chi connectivity index (χ2v) is 2.34. The molecule has 1 heteroatoms. The Labute approximate surface area is 52.7 Å². The zero-order chi connectivity index (χ0) is 5.70. The maximum Gasteiger partial charge on any atom is 0.0131 e. The first-order chi connectivity index (χ1) is 3.27. The van der Waals surface area contributed by atoms with Gasteiger partial charge in [-0.2, -0.15) is 0 Å². The van der Waals surface area contributed by atoms with Crippen molar-refractivity contribution in [3.05, 3.63) is 11.1 Å². The van der Waals surface area contributed by atoms with E-state index < -0.39 is 0 Å². The van der Waals surface area contributed by atoms with Gasteiger partial charge in [0.1, 0.15) is 0 Å². The zero-order valence-corrected chi connectivity index (χ0v) is 5.66. The molecular weight excluding hydrogens is 152 g/mol. The van der Waals surface area contributed by atoms with Gasteiger partial charge in [0.15, 0.2) is 0 Å². The van der Waals surface area contributed by atoms with E-state index in [1.54, 1.807) is 0 Å². The monoisotopic (exact) mass is 158 g/mol. The van der Waals surface area contributed by atoms with Crippen molar-refractivity contribution in [2.24, 2.45) is 0 Å². The Hall–Kier alpha value is -0.220. The van der Waals surface area contributed by atoms with Crippen molar-refractivity contribution in [3.8, 4) is 12.3 Å². The molecule has 38 valence electrons. The SMILES string of the molecule is C#CCCC(=C)Br. The Morgan fingerprint density at radius 2 is 2.43 bits per heavy atom. The molecule has 0 aromatic rings. The summed E-state index contributed by atoms with van der Waals surface area (Å²) in [6.45, 7) is 3.61. The van der Waals surface area contributed by atoms with Crippen molar-refractivity contribution in [1.29, 1.82) is 0 Å². The van der Waals surface area contributed by atoms with Crippen LogP contribution >= 0.6 is 15.9 Å². The van der Waals surface area contributed by atoms with Gasteiger partial charge in [0.05, 0.1) is 0 Å². The van der Waals surface area contributed by atoms with Crippen LogP contribution in [0.3, 0.4) is 0 Å². The molecule has 0 amide bonds. The van der Waals surface area contributed by atoms with Crippen molar-refractivity contribution >= 4 is 15.9 Å². The molecule has 0 saturated heterocycles. The Balaban J connectivity index is 3.02. The van der Waals surface area contributed by atoms with Gasteiger partial charge in [-0.25, -0.2) is 0 Å². The summed E-state index contributed by atoms with van der Waals surface area (Å²) in [5, 5.41) is 0. The Morgan fingerprint density at radius 1 is 1.86 bits per heavy atom. The highest BCUT2D eigenvalue weighted by molar-refractivity contribution is 9.11. The molecule has 0 N–H and O–H groups in total. The van der Waals surface area contributed by atoms with E-state index in [9.17, 15) is 0 Å². The minimum Gasteiger partial charge on any atom is -0.120 e. The van der Waals surface area contributed by atoms with Gasteiger partial charge < -0.3 is 0 Å². The topological polar surface area (TPSA) is 0 Å². The van der Waals surface area contributed by atoms with E-state index in [2.05, 4.69) is 28.4 Å². The lowest BCUT2D eigenvalue weighted by Gasteiger charge is -1.84. The van der Waals surface area contributed by atoms with E-state index in [-0.39, 0.29) is 0 Å². The fraction of sp³-hybridized carbons (Fsp3) is 0.333. The second kappa shape index (κ2) is 3.95. The molecule has 0 bridgehead atoms. The summed E-state index contributed by atoms with van der Waals surface area (Å²) >= 11 is 3.19. The predicted molar refractivity (Wildman–Crippen MR) is 36.1 cm³/mol. The average Bonchev–Trinajstić information content (AvgIpc) is 1.61. The summed E-state index contributed by atoms with van der Waals surface area (Å²) in [5.41, 5.74) is 0. The van der Waals surface area contributed by atoms with Crippen LogP contribution in [0.4, 0.5) is 0 Å². The van der Waals surface area contributed by atoms with Gasteiger partial charge in [0.2, 0.25) is 0 Å². The van der Waals surface area contributed by atoms with Crippen LogP contribution in [0.15, 0.2) is 11.1 Å². The summed E-state index contributed by atoms with van der Waals surface area (Å²) in [6, 6.07) is 0. The van der Waals surface area contributed by atoms with E-state index in [4.69, 9.17) is 6.42 Å². The fourth-order valence-corrected chi connectivity index (χ4v) is 0.406. The molecule has 0 spiro atoms. The number of hydrogen-bond acceptors (Lipinski definition) is 0. The molecule has 0 nitrogen and oxygen atoms in total. The molecule has 0 aliphatic rings. The maximum absolute atomic E-state index is 4.96. The quantitative estimate of drug-likeness (QED) is 0.542. The van der Waals surface area contributed by atoms with Crippen molar-refractivity contribution in [2.45, 2.75) is 12.8 Å². The molecule has 0 unspecified atom stereocenters. The summed E-state index contributed by atoms with van der Waals surface area (Å²) in [4.78, 5) is 0. The minimum absolute atomic E-state index is 0.782. The van der Waals surface area contributed by atoms with Crippen molar-refractivity contribution in [2.75, 3.05) is 0 Å². The zero-order valence-electron chi connectivity index (χ0n) is 4.08. The summed E-state index contributed by atoms with van der Waals surface area (Å²) in [7, 11) is 0. The van der Waals surface area contributed by atoms with Crippen LogP contribution < -0.4 is 0 Å². The van der Waals surface area contributed by atoms with Crippen molar-refractivity contribution < 1.29 is 0 Å². The lowest BCUT2D eigenvalue weighted by molar-refractivity contribution is 1.08. The average molecular weight is 159 g/mol. The third-order valence-electron chi connectivity index (χ3n) is 0.541. The van der Waals surface area contributed by atoms with E-state index in [1.807, 2.05) is 0 Å². The van der Waals surface area contributed by atoms with E-state index in [1.165, 1.54) is 0 Å². The predicted octanol–water partition coefficient (Wildman–Crippen LogP) is 2.31. The smallest absolute Gasteiger partial charge is 0.0131 e. The molecule has 0 aromatic heterocycles. The maximum atomic E-state index is 4.96. The number of halogens is 1. The molecule has 0 rings (SSSR count). The molecule has 0 saturated carbocycles. The van der Waals surface area contributed by atoms with Crippen LogP contribution in [-0.4, -0.2) is 0 Å². The van der Waals surface area contributed by atoms with Crippen LogP contribution in [-0.2, 0) is 0 Å². The number of rotatable bonds is 2. The van der Waals surface area contributed by atoms with E-state index in [0.29, 0.717) is 0 Å². The van der Waals surface area contributed by atoms with E-state index in [0.717, 1.165) is 17.3 Å². The van der Waals surface area contributed by atoms with Gasteiger partial charge >= 0.3 is 0 Å². The second-order valence-electron chi connectivity index (χ2n) is 1.22. The summed E-state index contributed by atoms with van der Waals surface area (Å²) in [5.74, 6) is 2.51. The Bertz CT molecular complexity index is 97.2. The third-order valence-corrected chi connectivity index (χ3v) is 0.937. The van der Waals surface area contributed by atoms with Crippen LogP contribution in [0.5, 0.6) is 0 Å². The molecule has 7 heavy (non-hydrogen) atoms. The first kappa shape index (κ1) is 6.78. The number of allylic oxidation sites excluding steroid dienone is 1. The highest BCUT2D eigenvalue weighted by Crippen LogP contribution is 2.07. The molecule has 0 heterocycles. The lowest BCUT2D eigenvalue weighted by atomic mass is 10.3. The fourth-order valence-electron chi connectivity index (χ4n) is 0.208. The molecule has 0 aliphatic heterocycles. The molecule has 0 radical (unpaired) electrons. The van der Waals surface area contributed by atoms with Gasteiger partial charge in [-0.1, -0.05) is 22.5 Å². The first-order valence-corrected chi connectivity index (χ1v) is 2.83. The van der Waals surface area contributed by atoms with Gasteiger partial charge in [-0.3, -0.25) is 0 Å². The van der Waals surface area contributed by atoms with Crippen LogP contribution in [0.25, 0.3) is 0 Å². The lowest BCUT2D eigenvalue weighted by Crippen LogP contribution is -1.65. The van der Waals surface area contributed by atoms with Gasteiger partial charge in [-0.05, 0) is 10.9 Å². The number of hydrogen-bond donors (Lipinski definition) is 0. The summed E-state index contributed by atoms with van der Waals surface area (Å²) < 4.78 is 0.977. The largest absolute Gasteiger partial charge is 0.120 e. The van der Waals surface area contributed by atoms with Gasteiger partial charge in [0.25, 0.3) is 0 Å². The first-order valence-electron chi connectivity index (χ1n) is 2.04. The third kappa shape index (κ3) is 5.78. The molecule has 0 aromatic carbocycles. The Kier molecular flexibility index (Phi) is 3.83. The molecule has 0 fully saturated rings. The van der Waals surface area contributed by atoms with Crippen molar-refractivity contribution in [1.82, 2.24) is 0 Å². The molecule has 0 atom stereocenters. The molecular formula is C6H7Br. The van der Waals surface area contributed by atoms with Gasteiger partial charge in [-0.15, -0.1) is 12.3 Å². The Morgan fingerprint density at radius 3 is 2.57 bits per heavy atom. The normalized spacial score (nSPS) is 7.43. The van der Waals surface area contributed by atoms with Crippen LogP contribution in [0.2, 0.25) is 0 Å². The molecule has 0 aliphatic carbocycles. The number of terminal acetylenes is 1. The van der Waals surface area contributed by atoms with Crippen LogP contribution in [0, 0.1) is 12.3 Å². The highest BCUT2D eigenvalue weighted by atomic mass is 79.9. The summed E-state index contributed by atoms with van der Waals surface area (Å²) in [6.07, 6.45) is 6.63. The standard InChI is InChI=1S/C6H7Br/c1-3-4-5-6(2)7/h1H,2,4-5H2. The highest BCUT2D eigenvalue weighted by Gasteiger charge is 1.81.